The Kier molecular flexibility index (Phi) is 7.08. The first-order valence-corrected chi connectivity index (χ1v) is 9.14. The third kappa shape index (κ3) is 3.74. The van der Waals surface area contributed by atoms with Crippen molar-refractivity contribution < 1.29 is 19.1 Å². The van der Waals surface area contributed by atoms with Crippen molar-refractivity contribution in [2.24, 2.45) is 0 Å². The molecule has 1 aliphatic carbocycles. The van der Waals surface area contributed by atoms with Crippen molar-refractivity contribution in [3.8, 4) is 0 Å². The van der Waals surface area contributed by atoms with E-state index in [9.17, 15) is 9.59 Å². The molecule has 4 nitrogen and oxygen atoms in total. The van der Waals surface area contributed by atoms with Crippen molar-refractivity contribution in [2.45, 2.75) is 38.0 Å². The molecule has 0 amide bonds. The summed E-state index contributed by atoms with van der Waals surface area (Å²) in [6.07, 6.45) is 1.06. The molecule has 0 bridgehead atoms. The Labute approximate surface area is 167 Å². The second-order valence-corrected chi connectivity index (χ2v) is 6.42. The lowest BCUT2D eigenvalue weighted by molar-refractivity contribution is -0.151. The molecule has 0 aromatic heterocycles. The van der Waals surface area contributed by atoms with Gasteiger partial charge in [-0.15, -0.1) is 0 Å². The molecule has 1 aliphatic rings. The van der Waals surface area contributed by atoms with Crippen molar-refractivity contribution in [2.75, 3.05) is 13.2 Å². The van der Waals surface area contributed by atoms with Crippen LogP contribution in [0.15, 0.2) is 54.6 Å². The molecule has 0 spiro atoms. The van der Waals surface area contributed by atoms with Gasteiger partial charge in [-0.3, -0.25) is 9.59 Å². The maximum absolute atomic E-state index is 13.1. The first-order chi connectivity index (χ1) is 12.6. The summed E-state index contributed by atoms with van der Waals surface area (Å²) < 4.78 is 10.7. The number of hydrogen-bond donors (Lipinski definition) is 0. The predicted octanol–water partition coefficient (Wildman–Crippen LogP) is 4.09. The van der Waals surface area contributed by atoms with Crippen LogP contribution in [0.4, 0.5) is 0 Å². The summed E-state index contributed by atoms with van der Waals surface area (Å²) in [4.78, 5) is 25.6. The van der Waals surface area contributed by atoms with E-state index >= 15 is 0 Å². The molecule has 2 aromatic rings. The van der Waals surface area contributed by atoms with Crippen LogP contribution in [-0.2, 0) is 24.5 Å². The maximum atomic E-state index is 13.1. The number of carbonyl (C=O) groups is 2. The highest BCUT2D eigenvalue weighted by atomic mass is 32.1. The SMILES string of the molecule is CCOC(=O)[C@H]1CC[C@@](C(=O)OCC)(c2ccccc2)c2ccccc21.S. The topological polar surface area (TPSA) is 52.6 Å². The summed E-state index contributed by atoms with van der Waals surface area (Å²) in [6.45, 7) is 4.28. The molecule has 5 heteroatoms. The first-order valence-electron chi connectivity index (χ1n) is 9.14. The van der Waals surface area contributed by atoms with E-state index in [1.54, 1.807) is 6.92 Å². The smallest absolute Gasteiger partial charge is 0.321 e. The molecule has 0 radical (unpaired) electrons. The molecular formula is C22H26O4S. The van der Waals surface area contributed by atoms with Crippen LogP contribution in [0.2, 0.25) is 0 Å². The van der Waals surface area contributed by atoms with E-state index in [-0.39, 0.29) is 31.4 Å². The summed E-state index contributed by atoms with van der Waals surface area (Å²) in [7, 11) is 0. The van der Waals surface area contributed by atoms with E-state index in [0.717, 1.165) is 16.7 Å². The second-order valence-electron chi connectivity index (χ2n) is 6.42. The van der Waals surface area contributed by atoms with Gasteiger partial charge in [0.1, 0.15) is 5.41 Å². The van der Waals surface area contributed by atoms with Gasteiger partial charge in [0.15, 0.2) is 0 Å². The number of benzene rings is 2. The average molecular weight is 387 g/mol. The van der Waals surface area contributed by atoms with E-state index in [1.807, 2.05) is 61.5 Å². The van der Waals surface area contributed by atoms with E-state index in [0.29, 0.717) is 26.1 Å². The minimum absolute atomic E-state index is 0. The number of fused-ring (bicyclic) bond motifs is 1. The molecule has 0 fully saturated rings. The van der Waals surface area contributed by atoms with Gasteiger partial charge in [-0.25, -0.2) is 0 Å². The van der Waals surface area contributed by atoms with Gasteiger partial charge in [0, 0.05) is 0 Å². The highest BCUT2D eigenvalue weighted by molar-refractivity contribution is 7.59. The quantitative estimate of drug-likeness (QED) is 0.727. The summed E-state index contributed by atoms with van der Waals surface area (Å²) in [5.74, 6) is -0.844. The van der Waals surface area contributed by atoms with Gasteiger partial charge in [-0.05, 0) is 43.4 Å². The molecule has 0 unspecified atom stereocenters. The highest BCUT2D eigenvalue weighted by Crippen LogP contribution is 2.48. The highest BCUT2D eigenvalue weighted by Gasteiger charge is 2.49. The fraction of sp³-hybridized carbons (Fsp3) is 0.364. The average Bonchev–Trinajstić information content (AvgIpc) is 2.68. The van der Waals surface area contributed by atoms with Crippen LogP contribution in [-0.4, -0.2) is 25.2 Å². The molecule has 2 aromatic carbocycles. The Bertz CT molecular complexity index is 790. The Morgan fingerprint density at radius 2 is 1.59 bits per heavy atom. The molecule has 0 N–H and O–H groups in total. The number of ether oxygens (including phenoxy) is 2. The third-order valence-corrected chi connectivity index (χ3v) is 5.07. The largest absolute Gasteiger partial charge is 0.466 e. The Balaban J connectivity index is 0.00000261. The molecule has 27 heavy (non-hydrogen) atoms. The van der Waals surface area contributed by atoms with Gasteiger partial charge in [-0.2, -0.15) is 13.5 Å². The maximum Gasteiger partial charge on any atom is 0.321 e. The van der Waals surface area contributed by atoms with Gasteiger partial charge in [0.2, 0.25) is 0 Å². The monoisotopic (exact) mass is 386 g/mol. The number of carbonyl (C=O) groups excluding carboxylic acids is 2. The predicted molar refractivity (Wildman–Crippen MR) is 109 cm³/mol. The normalized spacial score (nSPS) is 20.7. The molecule has 2 atom stereocenters. The van der Waals surface area contributed by atoms with Crippen LogP contribution in [0.5, 0.6) is 0 Å². The number of esters is 2. The first kappa shape index (κ1) is 21.0. The van der Waals surface area contributed by atoms with Gasteiger partial charge in [-0.1, -0.05) is 54.6 Å². The summed E-state index contributed by atoms with van der Waals surface area (Å²) in [5, 5.41) is 0. The van der Waals surface area contributed by atoms with E-state index in [2.05, 4.69) is 0 Å². The van der Waals surface area contributed by atoms with Gasteiger partial charge in [0.25, 0.3) is 0 Å². The standard InChI is InChI=1S/C22H24O4.H2S/c1-3-25-20(23)18-14-15-22(21(24)26-4-2,16-10-6-5-7-11-16)19-13-9-8-12-17(18)19;/h5-13,18H,3-4,14-15H2,1-2H3;1H2/t18-,22+;/m0./s1. The molecule has 0 saturated heterocycles. The summed E-state index contributed by atoms with van der Waals surface area (Å²) >= 11 is 0. The fourth-order valence-corrected chi connectivity index (χ4v) is 3.93. The van der Waals surface area contributed by atoms with Crippen molar-refractivity contribution in [3.05, 3.63) is 71.3 Å². The van der Waals surface area contributed by atoms with Crippen molar-refractivity contribution in [1.82, 2.24) is 0 Å². The lowest BCUT2D eigenvalue weighted by atomic mass is 9.63. The lowest BCUT2D eigenvalue weighted by Crippen LogP contribution is -2.43. The number of hydrogen-bond acceptors (Lipinski definition) is 4. The second kappa shape index (κ2) is 9.09. The molecule has 0 aliphatic heterocycles. The molecule has 0 heterocycles. The van der Waals surface area contributed by atoms with Crippen LogP contribution in [0.25, 0.3) is 0 Å². The van der Waals surface area contributed by atoms with Crippen molar-refractivity contribution >= 4 is 25.4 Å². The fourth-order valence-electron chi connectivity index (χ4n) is 3.93. The molecule has 3 rings (SSSR count). The molecular weight excluding hydrogens is 360 g/mol. The van der Waals surface area contributed by atoms with E-state index in [1.165, 1.54) is 0 Å². The van der Waals surface area contributed by atoms with Gasteiger partial charge < -0.3 is 9.47 Å². The molecule has 144 valence electrons. The minimum atomic E-state index is -0.892. The molecule has 0 saturated carbocycles. The third-order valence-electron chi connectivity index (χ3n) is 5.07. The van der Waals surface area contributed by atoms with Gasteiger partial charge >= 0.3 is 11.9 Å². The van der Waals surface area contributed by atoms with E-state index < -0.39 is 5.41 Å². The van der Waals surface area contributed by atoms with Crippen LogP contribution in [0, 0.1) is 0 Å². The number of rotatable bonds is 5. The van der Waals surface area contributed by atoms with Crippen LogP contribution in [0.1, 0.15) is 49.3 Å². The van der Waals surface area contributed by atoms with Crippen LogP contribution >= 0.6 is 13.5 Å². The van der Waals surface area contributed by atoms with Crippen molar-refractivity contribution in [1.29, 1.82) is 0 Å². The Hall–Kier alpha value is -2.27. The zero-order valence-corrected chi connectivity index (χ0v) is 16.7. The summed E-state index contributed by atoms with van der Waals surface area (Å²) in [5.41, 5.74) is 1.70. The Morgan fingerprint density at radius 3 is 2.26 bits per heavy atom. The lowest BCUT2D eigenvalue weighted by Gasteiger charge is -2.39. The van der Waals surface area contributed by atoms with E-state index in [4.69, 9.17) is 9.47 Å². The zero-order valence-electron chi connectivity index (χ0n) is 15.7. The van der Waals surface area contributed by atoms with Crippen LogP contribution in [0.3, 0.4) is 0 Å². The van der Waals surface area contributed by atoms with Gasteiger partial charge in [0.05, 0.1) is 19.1 Å². The van der Waals surface area contributed by atoms with Crippen molar-refractivity contribution in [3.63, 3.8) is 0 Å². The summed E-state index contributed by atoms with van der Waals surface area (Å²) in [6, 6.07) is 17.4. The zero-order chi connectivity index (χ0) is 18.6. The Morgan fingerprint density at radius 1 is 0.963 bits per heavy atom. The van der Waals surface area contributed by atoms with Crippen LogP contribution < -0.4 is 0 Å². The minimum Gasteiger partial charge on any atom is -0.466 e.